The quantitative estimate of drug-likeness (QED) is 0.745. The van der Waals surface area contributed by atoms with Crippen LogP contribution in [0.5, 0.6) is 0 Å². The van der Waals surface area contributed by atoms with Crippen LogP contribution in [0.1, 0.15) is 20.3 Å². The first-order valence-corrected chi connectivity index (χ1v) is 7.89. The van der Waals surface area contributed by atoms with Crippen molar-refractivity contribution in [2.24, 2.45) is 5.92 Å². The molecule has 0 radical (unpaired) electrons. The van der Waals surface area contributed by atoms with Gasteiger partial charge in [-0.3, -0.25) is 0 Å². The topological polar surface area (TPSA) is 37.4 Å². The van der Waals surface area contributed by atoms with Crippen molar-refractivity contribution in [3.63, 3.8) is 0 Å². The normalized spacial score (nSPS) is 30.1. The summed E-state index contributed by atoms with van der Waals surface area (Å²) in [6.45, 7) is 5.69. The second-order valence-electron chi connectivity index (χ2n) is 4.27. The van der Waals surface area contributed by atoms with Crippen LogP contribution in [-0.4, -0.2) is 43.1 Å². The minimum atomic E-state index is -3.00. The number of rotatable bonds is 3. The Morgan fingerprint density at radius 2 is 2.00 bits per heavy atom. The lowest BCUT2D eigenvalue weighted by atomic mass is 9.94. The van der Waals surface area contributed by atoms with Crippen LogP contribution in [0.2, 0.25) is 0 Å². The van der Waals surface area contributed by atoms with E-state index >= 15 is 0 Å². The molecule has 0 saturated carbocycles. The summed E-state index contributed by atoms with van der Waals surface area (Å²) >= 11 is 1.80. The van der Waals surface area contributed by atoms with E-state index < -0.39 is 10.0 Å². The maximum atomic E-state index is 11.4. The van der Waals surface area contributed by atoms with E-state index in [0.29, 0.717) is 19.0 Å². The van der Waals surface area contributed by atoms with Crippen molar-refractivity contribution in [2.45, 2.75) is 25.0 Å². The molecule has 5 heteroatoms. The predicted octanol–water partition coefficient (Wildman–Crippen LogP) is 1.41. The minimum Gasteiger partial charge on any atom is -0.213 e. The molecule has 1 atom stereocenters. The van der Waals surface area contributed by atoms with Gasteiger partial charge < -0.3 is 0 Å². The molecule has 1 aliphatic heterocycles. The maximum Gasteiger partial charge on any atom is 0.211 e. The van der Waals surface area contributed by atoms with Crippen LogP contribution in [0.3, 0.4) is 0 Å². The van der Waals surface area contributed by atoms with Crippen LogP contribution < -0.4 is 0 Å². The molecule has 1 fully saturated rings. The molecule has 14 heavy (non-hydrogen) atoms. The fourth-order valence-electron chi connectivity index (χ4n) is 1.93. The lowest BCUT2D eigenvalue weighted by Gasteiger charge is -2.31. The van der Waals surface area contributed by atoms with Crippen molar-refractivity contribution in [3.8, 4) is 0 Å². The van der Waals surface area contributed by atoms with Gasteiger partial charge in [-0.1, -0.05) is 13.8 Å². The molecule has 0 aliphatic carbocycles. The molecule has 1 aliphatic rings. The molecule has 0 amide bonds. The van der Waals surface area contributed by atoms with E-state index in [9.17, 15) is 8.42 Å². The molecule has 0 aromatic rings. The third-order valence-electron chi connectivity index (χ3n) is 3.16. The van der Waals surface area contributed by atoms with E-state index in [-0.39, 0.29) is 4.75 Å². The highest BCUT2D eigenvalue weighted by Gasteiger charge is 2.42. The zero-order valence-corrected chi connectivity index (χ0v) is 10.9. The van der Waals surface area contributed by atoms with Crippen LogP contribution >= 0.6 is 11.8 Å². The molecule has 1 saturated heterocycles. The summed E-state index contributed by atoms with van der Waals surface area (Å²) in [5.74, 6) is 0.518. The second-order valence-corrected chi connectivity index (χ2v) is 7.47. The van der Waals surface area contributed by atoms with Crippen LogP contribution in [-0.2, 0) is 10.0 Å². The van der Waals surface area contributed by atoms with Gasteiger partial charge in [0.1, 0.15) is 0 Å². The van der Waals surface area contributed by atoms with Gasteiger partial charge >= 0.3 is 0 Å². The van der Waals surface area contributed by atoms with Crippen LogP contribution in [0.25, 0.3) is 0 Å². The summed E-state index contributed by atoms with van der Waals surface area (Å²) in [6.07, 6.45) is 4.34. The summed E-state index contributed by atoms with van der Waals surface area (Å²) in [4.78, 5) is 0. The van der Waals surface area contributed by atoms with Crippen molar-refractivity contribution in [1.29, 1.82) is 0 Å². The highest BCUT2D eigenvalue weighted by molar-refractivity contribution is 8.00. The highest BCUT2D eigenvalue weighted by Crippen LogP contribution is 2.40. The number of hydrogen-bond acceptors (Lipinski definition) is 3. The minimum absolute atomic E-state index is 0.128. The highest BCUT2D eigenvalue weighted by atomic mass is 32.2. The largest absolute Gasteiger partial charge is 0.213 e. The Labute approximate surface area is 91.3 Å². The summed E-state index contributed by atoms with van der Waals surface area (Å²) in [6, 6.07) is 0. The zero-order chi connectivity index (χ0) is 11.0. The smallest absolute Gasteiger partial charge is 0.211 e. The maximum absolute atomic E-state index is 11.4. The number of thioether (sulfide) groups is 1. The van der Waals surface area contributed by atoms with Crippen molar-refractivity contribution in [1.82, 2.24) is 4.31 Å². The third kappa shape index (κ3) is 2.25. The van der Waals surface area contributed by atoms with Gasteiger partial charge in [0.2, 0.25) is 10.0 Å². The molecule has 3 nitrogen and oxygen atoms in total. The molecule has 0 spiro atoms. The van der Waals surface area contributed by atoms with Gasteiger partial charge in [0.15, 0.2) is 0 Å². The van der Waals surface area contributed by atoms with E-state index in [2.05, 4.69) is 20.1 Å². The summed E-state index contributed by atoms with van der Waals surface area (Å²) in [5.41, 5.74) is 0. The number of hydrogen-bond donors (Lipinski definition) is 0. The van der Waals surface area contributed by atoms with Crippen molar-refractivity contribution < 1.29 is 8.42 Å². The first-order chi connectivity index (χ1) is 6.32. The molecule has 0 bridgehead atoms. The van der Waals surface area contributed by atoms with Crippen LogP contribution in [0.15, 0.2) is 0 Å². The first kappa shape index (κ1) is 12.3. The summed E-state index contributed by atoms with van der Waals surface area (Å²) in [7, 11) is -3.00. The standard InChI is InChI=1S/C9H19NO2S2/c1-8(2)9(13-3)5-6-10(7-9)14(4,11)12/h8H,5-7H2,1-4H3/t9-/m1/s1. The lowest BCUT2D eigenvalue weighted by molar-refractivity contribution is 0.426. The van der Waals surface area contributed by atoms with Crippen LogP contribution in [0.4, 0.5) is 0 Å². The Bertz CT molecular complexity index is 300. The molecule has 1 rings (SSSR count). The average Bonchev–Trinajstić information content (AvgIpc) is 2.47. The number of nitrogens with zero attached hydrogens (tertiary/aromatic N) is 1. The van der Waals surface area contributed by atoms with E-state index in [1.165, 1.54) is 6.26 Å². The third-order valence-corrected chi connectivity index (χ3v) is 6.02. The first-order valence-electron chi connectivity index (χ1n) is 4.82. The second kappa shape index (κ2) is 4.02. The molecule has 0 N–H and O–H groups in total. The van der Waals surface area contributed by atoms with Crippen molar-refractivity contribution >= 4 is 21.8 Å². The molecule has 0 aromatic heterocycles. The van der Waals surface area contributed by atoms with Gasteiger partial charge in [-0.15, -0.1) is 0 Å². The Balaban J connectivity index is 2.82. The Hall–Kier alpha value is 0.260. The molecule has 1 heterocycles. The van der Waals surface area contributed by atoms with Crippen molar-refractivity contribution in [2.75, 3.05) is 25.6 Å². The van der Waals surface area contributed by atoms with E-state index in [4.69, 9.17) is 0 Å². The Morgan fingerprint density at radius 1 is 1.43 bits per heavy atom. The lowest BCUT2D eigenvalue weighted by Crippen LogP contribution is -2.36. The predicted molar refractivity (Wildman–Crippen MR) is 62.1 cm³/mol. The summed E-state index contributed by atoms with van der Waals surface area (Å²) < 4.78 is 24.5. The van der Waals surface area contributed by atoms with E-state index in [1.807, 2.05) is 0 Å². The molecule has 0 unspecified atom stereocenters. The van der Waals surface area contributed by atoms with E-state index in [0.717, 1.165) is 6.42 Å². The molecule has 84 valence electrons. The monoisotopic (exact) mass is 237 g/mol. The van der Waals surface area contributed by atoms with Gasteiger partial charge in [-0.2, -0.15) is 11.8 Å². The fourth-order valence-corrected chi connectivity index (χ4v) is 3.95. The van der Waals surface area contributed by atoms with E-state index in [1.54, 1.807) is 16.1 Å². The molecular weight excluding hydrogens is 218 g/mol. The van der Waals surface area contributed by atoms with Gasteiger partial charge in [-0.05, 0) is 18.6 Å². The van der Waals surface area contributed by atoms with Gasteiger partial charge in [0.25, 0.3) is 0 Å². The summed E-state index contributed by atoms with van der Waals surface area (Å²) in [5, 5.41) is 0. The Kier molecular flexibility index (Phi) is 3.54. The van der Waals surface area contributed by atoms with Crippen LogP contribution in [0, 0.1) is 5.92 Å². The van der Waals surface area contributed by atoms with Gasteiger partial charge in [-0.25, -0.2) is 12.7 Å². The Morgan fingerprint density at radius 3 is 2.21 bits per heavy atom. The van der Waals surface area contributed by atoms with Crippen molar-refractivity contribution in [3.05, 3.63) is 0 Å². The van der Waals surface area contributed by atoms with Gasteiger partial charge in [0.05, 0.1) is 6.26 Å². The molecular formula is C9H19NO2S2. The average molecular weight is 237 g/mol. The molecule has 0 aromatic carbocycles. The fraction of sp³-hybridized carbons (Fsp3) is 1.00. The zero-order valence-electron chi connectivity index (χ0n) is 9.28. The SMILES string of the molecule is CS[C@]1(C(C)C)CCN(S(C)(=O)=O)C1. The number of sulfonamides is 1. The van der Waals surface area contributed by atoms with Gasteiger partial charge in [0, 0.05) is 17.8 Å².